The van der Waals surface area contributed by atoms with Gasteiger partial charge in [0.05, 0.1) is 25.7 Å². The summed E-state index contributed by atoms with van der Waals surface area (Å²) in [6.07, 6.45) is 8.05. The van der Waals surface area contributed by atoms with Gasteiger partial charge in [-0.1, -0.05) is 17.8 Å². The number of carbonyl (C=O) groups excluding carboxylic acids is 1. The maximum Gasteiger partial charge on any atom is 0.237 e. The third-order valence-electron chi connectivity index (χ3n) is 5.51. The Bertz CT molecular complexity index is 1060. The lowest BCUT2D eigenvalue weighted by Crippen LogP contribution is -2.32. The molecule has 0 bridgehead atoms. The summed E-state index contributed by atoms with van der Waals surface area (Å²) in [6, 6.07) is 11.5. The first-order valence-corrected chi connectivity index (χ1v) is 11.9. The lowest BCUT2D eigenvalue weighted by molar-refractivity contribution is -0.127. The second kappa shape index (κ2) is 10.5. The molecular weight excluding hydrogens is 424 g/mol. The fraction of sp³-hybridized carbons (Fsp3) is 0.375. The summed E-state index contributed by atoms with van der Waals surface area (Å²) in [5.74, 6) is 2.71. The number of rotatable bonds is 9. The summed E-state index contributed by atoms with van der Waals surface area (Å²) in [5, 5.41) is 9.49. The number of methoxy groups -OCH3 is 1. The highest BCUT2D eigenvalue weighted by molar-refractivity contribution is 7.99. The van der Waals surface area contributed by atoms with Crippen LogP contribution in [0.25, 0.3) is 11.4 Å². The summed E-state index contributed by atoms with van der Waals surface area (Å²) in [5.41, 5.74) is 2.05. The largest absolute Gasteiger partial charge is 0.497 e. The summed E-state index contributed by atoms with van der Waals surface area (Å²) in [4.78, 5) is 15.1. The Hall–Kier alpha value is -3.00. The molecule has 0 radical (unpaired) electrons. The number of amides is 1. The lowest BCUT2D eigenvalue weighted by Gasteiger charge is -2.27. The Morgan fingerprint density at radius 2 is 2.06 bits per heavy atom. The van der Waals surface area contributed by atoms with Gasteiger partial charge in [0.1, 0.15) is 11.5 Å². The molecule has 3 aromatic rings. The van der Waals surface area contributed by atoms with E-state index in [2.05, 4.69) is 23.2 Å². The average molecular weight is 453 g/mol. The van der Waals surface area contributed by atoms with E-state index in [1.807, 2.05) is 45.9 Å². The molecule has 0 aliphatic heterocycles. The van der Waals surface area contributed by atoms with Crippen LogP contribution in [0.15, 0.2) is 64.0 Å². The molecule has 1 amide bonds. The van der Waals surface area contributed by atoms with Crippen molar-refractivity contribution >= 4 is 17.7 Å². The summed E-state index contributed by atoms with van der Waals surface area (Å²) in [7, 11) is 1.65. The van der Waals surface area contributed by atoms with Crippen LogP contribution in [0.4, 0.5) is 0 Å². The van der Waals surface area contributed by atoms with Crippen molar-refractivity contribution in [2.75, 3.05) is 12.9 Å². The van der Waals surface area contributed by atoms with E-state index in [1.54, 1.807) is 13.4 Å². The zero-order valence-corrected chi connectivity index (χ0v) is 19.3. The van der Waals surface area contributed by atoms with Gasteiger partial charge in [-0.15, -0.1) is 10.2 Å². The molecule has 1 aromatic carbocycles. The molecule has 0 saturated carbocycles. The van der Waals surface area contributed by atoms with Crippen molar-refractivity contribution in [2.45, 2.75) is 50.9 Å². The zero-order chi connectivity index (χ0) is 22.3. The first-order valence-electron chi connectivity index (χ1n) is 10.9. The minimum atomic E-state index is 0.0520. The molecule has 7 nitrogen and oxygen atoms in total. The second-order valence-corrected chi connectivity index (χ2v) is 8.51. The van der Waals surface area contributed by atoms with Crippen molar-refractivity contribution in [1.82, 2.24) is 19.7 Å². The van der Waals surface area contributed by atoms with Crippen LogP contribution in [-0.2, 0) is 17.9 Å². The smallest absolute Gasteiger partial charge is 0.237 e. The maximum absolute atomic E-state index is 13.2. The normalized spacial score (nSPS) is 13.6. The fourth-order valence-electron chi connectivity index (χ4n) is 3.81. The van der Waals surface area contributed by atoms with Gasteiger partial charge in [-0.2, -0.15) is 0 Å². The maximum atomic E-state index is 13.2. The molecule has 0 N–H and O–H groups in total. The molecule has 0 unspecified atom stereocenters. The van der Waals surface area contributed by atoms with Crippen LogP contribution in [0.5, 0.6) is 5.75 Å². The van der Waals surface area contributed by atoms with Crippen LogP contribution < -0.4 is 4.74 Å². The Balaban J connectivity index is 1.49. The van der Waals surface area contributed by atoms with Crippen LogP contribution in [0.3, 0.4) is 0 Å². The molecule has 2 heterocycles. The van der Waals surface area contributed by atoms with Gasteiger partial charge < -0.3 is 18.6 Å². The molecule has 0 fully saturated rings. The molecule has 1 aliphatic rings. The third-order valence-corrected chi connectivity index (χ3v) is 6.47. The van der Waals surface area contributed by atoms with Crippen LogP contribution in [0.1, 0.15) is 38.4 Å². The Morgan fingerprint density at radius 3 is 2.72 bits per heavy atom. The van der Waals surface area contributed by atoms with E-state index in [0.717, 1.165) is 53.0 Å². The molecule has 168 valence electrons. The molecule has 2 aromatic heterocycles. The average Bonchev–Trinajstić information content (AvgIpc) is 3.51. The Labute approximate surface area is 192 Å². The van der Waals surface area contributed by atoms with Crippen molar-refractivity contribution in [3.63, 3.8) is 0 Å². The van der Waals surface area contributed by atoms with Crippen molar-refractivity contribution in [3.05, 3.63) is 60.2 Å². The van der Waals surface area contributed by atoms with Gasteiger partial charge in [0, 0.05) is 17.8 Å². The lowest BCUT2D eigenvalue weighted by atomic mass is 10.0. The zero-order valence-electron chi connectivity index (χ0n) is 18.5. The van der Waals surface area contributed by atoms with E-state index in [-0.39, 0.29) is 5.91 Å². The molecule has 32 heavy (non-hydrogen) atoms. The minimum absolute atomic E-state index is 0.0520. The standard InChI is InChI=1S/C24H28N4O3S/c1-3-27-23(18-11-13-20(30-2)14-12-18)25-26-24(27)32-17-22(29)28(16-21-10-7-15-31-21)19-8-5-4-6-9-19/h7-8,10-15H,3-6,9,16-17H2,1-2H3. The number of ether oxygens (including phenoxy) is 1. The van der Waals surface area contributed by atoms with Crippen molar-refractivity contribution in [3.8, 4) is 17.1 Å². The van der Waals surface area contributed by atoms with Crippen LogP contribution >= 0.6 is 11.8 Å². The Morgan fingerprint density at radius 1 is 1.22 bits per heavy atom. The van der Waals surface area contributed by atoms with Gasteiger partial charge in [0.15, 0.2) is 11.0 Å². The number of hydrogen-bond donors (Lipinski definition) is 0. The topological polar surface area (TPSA) is 73.4 Å². The highest BCUT2D eigenvalue weighted by atomic mass is 32.2. The predicted octanol–water partition coefficient (Wildman–Crippen LogP) is 5.15. The van der Waals surface area contributed by atoms with Crippen LogP contribution in [-0.4, -0.2) is 38.4 Å². The van der Waals surface area contributed by atoms with E-state index in [9.17, 15) is 4.79 Å². The van der Waals surface area contributed by atoms with E-state index in [0.29, 0.717) is 18.8 Å². The molecule has 0 atom stereocenters. The third kappa shape index (κ3) is 5.07. The highest BCUT2D eigenvalue weighted by Crippen LogP contribution is 2.28. The second-order valence-electron chi connectivity index (χ2n) is 7.57. The number of furan rings is 1. The van der Waals surface area contributed by atoms with Gasteiger partial charge >= 0.3 is 0 Å². The molecule has 0 spiro atoms. The molecule has 8 heteroatoms. The summed E-state index contributed by atoms with van der Waals surface area (Å²) < 4.78 is 12.8. The van der Waals surface area contributed by atoms with E-state index in [1.165, 1.54) is 18.2 Å². The highest BCUT2D eigenvalue weighted by Gasteiger charge is 2.22. The quantitative estimate of drug-likeness (QED) is 0.418. The molecule has 1 aliphatic carbocycles. The number of benzene rings is 1. The summed E-state index contributed by atoms with van der Waals surface area (Å²) >= 11 is 1.42. The number of thioether (sulfide) groups is 1. The fourth-order valence-corrected chi connectivity index (χ4v) is 4.69. The number of allylic oxidation sites excluding steroid dienone is 2. The van der Waals surface area contributed by atoms with Crippen molar-refractivity contribution in [2.24, 2.45) is 0 Å². The van der Waals surface area contributed by atoms with Gasteiger partial charge in [-0.3, -0.25) is 4.79 Å². The Kier molecular flexibility index (Phi) is 7.32. The molecule has 4 rings (SSSR count). The van der Waals surface area contributed by atoms with Crippen molar-refractivity contribution in [1.29, 1.82) is 0 Å². The van der Waals surface area contributed by atoms with E-state index >= 15 is 0 Å². The number of aromatic nitrogens is 3. The molecular formula is C24H28N4O3S. The predicted molar refractivity (Wildman–Crippen MR) is 124 cm³/mol. The van der Waals surface area contributed by atoms with Gasteiger partial charge in [-0.05, 0) is 69.0 Å². The monoisotopic (exact) mass is 452 g/mol. The number of carbonyl (C=O) groups is 1. The summed E-state index contributed by atoms with van der Waals surface area (Å²) in [6.45, 7) is 3.22. The number of nitrogens with zero attached hydrogens (tertiary/aromatic N) is 4. The van der Waals surface area contributed by atoms with Crippen LogP contribution in [0, 0.1) is 0 Å². The van der Waals surface area contributed by atoms with Gasteiger partial charge in [-0.25, -0.2) is 0 Å². The van der Waals surface area contributed by atoms with Crippen LogP contribution in [0.2, 0.25) is 0 Å². The number of hydrogen-bond acceptors (Lipinski definition) is 6. The first kappa shape index (κ1) is 22.2. The minimum Gasteiger partial charge on any atom is -0.497 e. The van der Waals surface area contributed by atoms with E-state index in [4.69, 9.17) is 9.15 Å². The SMILES string of the molecule is CCn1c(SCC(=O)N(Cc2ccco2)C2=CCCCC2)nnc1-c1ccc(OC)cc1. The van der Waals surface area contributed by atoms with E-state index < -0.39 is 0 Å². The molecule has 0 saturated heterocycles. The van der Waals surface area contributed by atoms with Crippen molar-refractivity contribution < 1.29 is 13.9 Å². The first-order chi connectivity index (χ1) is 15.7. The van der Waals surface area contributed by atoms with Gasteiger partial charge in [0.25, 0.3) is 0 Å². The van der Waals surface area contributed by atoms with Gasteiger partial charge in [0.2, 0.25) is 5.91 Å².